The molecule has 1 amide bonds. The average molecular weight is 549 g/mol. The summed E-state index contributed by atoms with van der Waals surface area (Å²) in [7, 11) is 0. The van der Waals surface area contributed by atoms with Crippen molar-refractivity contribution >= 4 is 11.9 Å². The normalized spacial score (nSPS) is 20.5. The lowest BCUT2D eigenvalue weighted by atomic mass is 9.92. The second-order valence-corrected chi connectivity index (χ2v) is 12.1. The van der Waals surface area contributed by atoms with Crippen molar-refractivity contribution in [3.8, 4) is 0 Å². The van der Waals surface area contributed by atoms with Crippen LogP contribution >= 0.6 is 0 Å². The van der Waals surface area contributed by atoms with Crippen LogP contribution in [-0.4, -0.2) is 34.9 Å². The quantitative estimate of drug-likeness (QED) is 0.259. The number of guanidine groups is 1. The minimum absolute atomic E-state index is 0.0546. The summed E-state index contributed by atoms with van der Waals surface area (Å²) in [5.74, 6) is 0.994. The molecule has 41 heavy (non-hydrogen) atoms. The molecule has 5 nitrogen and oxygen atoms in total. The molecule has 1 atom stereocenters. The fourth-order valence-corrected chi connectivity index (χ4v) is 6.88. The van der Waals surface area contributed by atoms with Gasteiger partial charge in [-0.2, -0.15) is 0 Å². The maximum atomic E-state index is 14.4. The van der Waals surface area contributed by atoms with Crippen LogP contribution in [0.25, 0.3) is 0 Å². The SMILES string of the molecule is O=C(NC(c1ccccc1)c1ccccc1)[C@@H]1Cc2ccccc2CN1C(=NC1CCCCC1)NC1CCCCC1. The molecule has 1 heterocycles. The van der Waals surface area contributed by atoms with Gasteiger partial charge >= 0.3 is 0 Å². The lowest BCUT2D eigenvalue weighted by Crippen LogP contribution is -2.58. The van der Waals surface area contributed by atoms with Crippen LogP contribution in [-0.2, 0) is 17.8 Å². The van der Waals surface area contributed by atoms with E-state index in [4.69, 9.17) is 4.99 Å². The smallest absolute Gasteiger partial charge is 0.243 e. The van der Waals surface area contributed by atoms with Crippen LogP contribution in [0.5, 0.6) is 0 Å². The van der Waals surface area contributed by atoms with E-state index in [1.54, 1.807) is 0 Å². The molecule has 3 aliphatic rings. The highest BCUT2D eigenvalue weighted by Gasteiger charge is 2.36. The number of nitrogens with zero attached hydrogens (tertiary/aromatic N) is 2. The third-order valence-corrected chi connectivity index (χ3v) is 9.19. The maximum absolute atomic E-state index is 14.4. The molecule has 0 saturated heterocycles. The number of rotatable bonds is 6. The van der Waals surface area contributed by atoms with Gasteiger partial charge in [0.2, 0.25) is 5.91 Å². The molecule has 2 fully saturated rings. The first-order chi connectivity index (χ1) is 20.2. The van der Waals surface area contributed by atoms with Crippen LogP contribution in [0.3, 0.4) is 0 Å². The van der Waals surface area contributed by atoms with E-state index < -0.39 is 0 Å². The molecule has 0 radical (unpaired) electrons. The molecule has 0 spiro atoms. The summed E-state index contributed by atoms with van der Waals surface area (Å²) in [5, 5.41) is 7.38. The molecular weight excluding hydrogens is 504 g/mol. The van der Waals surface area contributed by atoms with Crippen LogP contribution in [0.2, 0.25) is 0 Å². The van der Waals surface area contributed by atoms with Crippen molar-refractivity contribution in [1.29, 1.82) is 0 Å². The third-order valence-electron chi connectivity index (χ3n) is 9.19. The largest absolute Gasteiger partial charge is 0.353 e. The van der Waals surface area contributed by atoms with Crippen molar-refractivity contribution in [3.05, 3.63) is 107 Å². The molecule has 2 saturated carbocycles. The molecule has 1 aliphatic heterocycles. The molecule has 0 unspecified atom stereocenters. The molecule has 3 aromatic carbocycles. The van der Waals surface area contributed by atoms with Crippen molar-refractivity contribution in [3.63, 3.8) is 0 Å². The second-order valence-electron chi connectivity index (χ2n) is 12.1. The van der Waals surface area contributed by atoms with Gasteiger partial charge in [-0.15, -0.1) is 0 Å². The van der Waals surface area contributed by atoms with Crippen LogP contribution in [0, 0.1) is 0 Å². The van der Waals surface area contributed by atoms with Crippen LogP contribution in [0.4, 0.5) is 0 Å². The number of carbonyl (C=O) groups is 1. The Morgan fingerprint density at radius 1 is 0.707 bits per heavy atom. The van der Waals surface area contributed by atoms with Crippen molar-refractivity contribution in [2.24, 2.45) is 4.99 Å². The fraction of sp³-hybridized carbons (Fsp3) is 0.444. The van der Waals surface area contributed by atoms with E-state index in [2.05, 4.69) is 64.1 Å². The van der Waals surface area contributed by atoms with Gasteiger partial charge in [-0.05, 0) is 47.9 Å². The first kappa shape index (κ1) is 27.6. The highest BCUT2D eigenvalue weighted by molar-refractivity contribution is 5.90. The zero-order chi connectivity index (χ0) is 27.9. The van der Waals surface area contributed by atoms with Crippen molar-refractivity contribution in [2.75, 3.05) is 0 Å². The number of aliphatic imine (C=N–C) groups is 1. The molecule has 0 bridgehead atoms. The molecule has 2 aliphatic carbocycles. The molecule has 0 aromatic heterocycles. The van der Waals surface area contributed by atoms with Gasteiger partial charge in [-0.1, -0.05) is 123 Å². The maximum Gasteiger partial charge on any atom is 0.243 e. The molecular formula is C36H44N4O. The standard InChI is InChI=1S/C36H44N4O/c41-35(39-34(27-15-5-1-6-16-27)28-17-7-2-8-18-28)33-25-29-19-13-14-20-30(29)26-40(33)36(37-31-21-9-3-10-22-31)38-32-23-11-4-12-24-32/h1-2,5-8,13-20,31-34H,3-4,9-12,21-26H2,(H,37,38)(H,39,41)/t33-/m0/s1. The van der Waals surface area contributed by atoms with E-state index in [0.717, 1.165) is 29.9 Å². The minimum atomic E-state index is -0.335. The molecule has 214 valence electrons. The number of hydrogen-bond donors (Lipinski definition) is 2. The van der Waals surface area contributed by atoms with E-state index >= 15 is 0 Å². The second kappa shape index (κ2) is 13.4. The number of fused-ring (bicyclic) bond motifs is 1. The van der Waals surface area contributed by atoms with Crippen LogP contribution in [0.15, 0.2) is 89.9 Å². The Bertz CT molecular complexity index is 1260. The number of amides is 1. The van der Waals surface area contributed by atoms with Gasteiger partial charge in [0.15, 0.2) is 5.96 Å². The van der Waals surface area contributed by atoms with E-state index in [1.165, 1.54) is 62.5 Å². The van der Waals surface area contributed by atoms with Gasteiger partial charge in [-0.25, -0.2) is 4.99 Å². The Morgan fingerprint density at radius 3 is 1.90 bits per heavy atom. The Kier molecular flexibility index (Phi) is 8.99. The van der Waals surface area contributed by atoms with Crippen LogP contribution in [0.1, 0.15) is 92.5 Å². The average Bonchev–Trinajstić information content (AvgIpc) is 3.04. The van der Waals surface area contributed by atoms with Gasteiger partial charge < -0.3 is 15.5 Å². The van der Waals surface area contributed by atoms with Gasteiger partial charge in [0, 0.05) is 19.0 Å². The summed E-state index contributed by atoms with van der Waals surface area (Å²) >= 11 is 0. The van der Waals surface area contributed by atoms with E-state index in [1.807, 2.05) is 36.4 Å². The zero-order valence-electron chi connectivity index (χ0n) is 24.2. The van der Waals surface area contributed by atoms with Crippen molar-refractivity contribution < 1.29 is 4.79 Å². The van der Waals surface area contributed by atoms with Gasteiger partial charge in [0.25, 0.3) is 0 Å². The lowest BCUT2D eigenvalue weighted by molar-refractivity contribution is -0.126. The summed E-state index contributed by atoms with van der Waals surface area (Å²) < 4.78 is 0. The predicted octanol–water partition coefficient (Wildman–Crippen LogP) is 6.93. The number of hydrogen-bond acceptors (Lipinski definition) is 2. The van der Waals surface area contributed by atoms with E-state index in [-0.39, 0.29) is 18.0 Å². The first-order valence-corrected chi connectivity index (χ1v) is 15.8. The fourth-order valence-electron chi connectivity index (χ4n) is 6.88. The molecule has 3 aromatic rings. The summed E-state index contributed by atoms with van der Waals surface area (Å²) in [6, 6.07) is 29.5. The zero-order valence-corrected chi connectivity index (χ0v) is 24.2. The first-order valence-electron chi connectivity index (χ1n) is 15.8. The van der Waals surface area contributed by atoms with Crippen molar-refractivity contribution in [2.45, 2.75) is 101 Å². The van der Waals surface area contributed by atoms with Gasteiger partial charge in [0.1, 0.15) is 6.04 Å². The predicted molar refractivity (Wildman–Crippen MR) is 167 cm³/mol. The Balaban J connectivity index is 1.34. The Labute approximate surface area is 245 Å². The highest BCUT2D eigenvalue weighted by atomic mass is 16.2. The van der Waals surface area contributed by atoms with Gasteiger partial charge in [-0.3, -0.25) is 4.79 Å². The van der Waals surface area contributed by atoms with Crippen molar-refractivity contribution in [1.82, 2.24) is 15.5 Å². The monoisotopic (exact) mass is 548 g/mol. The molecule has 2 N–H and O–H groups in total. The van der Waals surface area contributed by atoms with Gasteiger partial charge in [0.05, 0.1) is 12.1 Å². The Morgan fingerprint density at radius 2 is 1.27 bits per heavy atom. The molecule has 6 rings (SSSR count). The summed E-state index contributed by atoms with van der Waals surface area (Å²) in [4.78, 5) is 22.1. The Hall–Kier alpha value is -3.60. The third kappa shape index (κ3) is 6.83. The highest BCUT2D eigenvalue weighted by Crippen LogP contribution is 2.29. The van der Waals surface area contributed by atoms with Crippen LogP contribution < -0.4 is 10.6 Å². The summed E-state index contributed by atoms with van der Waals surface area (Å²) in [6.45, 7) is 0.695. The lowest BCUT2D eigenvalue weighted by Gasteiger charge is -2.41. The summed E-state index contributed by atoms with van der Waals surface area (Å²) in [6.07, 6.45) is 12.9. The van der Waals surface area contributed by atoms with E-state index in [9.17, 15) is 4.79 Å². The summed E-state index contributed by atoms with van der Waals surface area (Å²) in [5.41, 5.74) is 4.73. The number of nitrogens with one attached hydrogen (secondary N) is 2. The number of carbonyl (C=O) groups excluding carboxylic acids is 1. The van der Waals surface area contributed by atoms with E-state index in [0.29, 0.717) is 25.0 Å². The minimum Gasteiger partial charge on any atom is -0.353 e. The molecule has 5 heteroatoms. The topological polar surface area (TPSA) is 56.7 Å². The number of benzene rings is 3.